The third-order valence-electron chi connectivity index (χ3n) is 13.3. The van der Waals surface area contributed by atoms with Gasteiger partial charge >= 0.3 is 0 Å². The predicted molar refractivity (Wildman–Crippen MR) is 219 cm³/mol. The van der Waals surface area contributed by atoms with Gasteiger partial charge in [0.1, 0.15) is 88.4 Å². The fourth-order valence-electron chi connectivity index (χ4n) is 10.7. The second kappa shape index (κ2) is 14.5. The Labute approximate surface area is 353 Å². The first kappa shape index (κ1) is 39.5. The van der Waals surface area contributed by atoms with Gasteiger partial charge in [0.15, 0.2) is 0 Å². The molecule has 62 heavy (non-hydrogen) atoms. The van der Waals surface area contributed by atoms with Crippen LogP contribution in [0.4, 0.5) is 0 Å². The number of benzene rings is 6. The topological polar surface area (TPSA) is 261 Å². The van der Waals surface area contributed by atoms with Crippen molar-refractivity contribution in [3.63, 3.8) is 0 Å². The van der Waals surface area contributed by atoms with Gasteiger partial charge in [0, 0.05) is 52.5 Å². The van der Waals surface area contributed by atoms with Gasteiger partial charge in [-0.25, -0.2) is 0 Å². The molecule has 6 aromatic rings. The molecule has 0 radical (unpaired) electrons. The number of phenols is 8. The van der Waals surface area contributed by atoms with E-state index in [0.717, 1.165) is 0 Å². The van der Waals surface area contributed by atoms with E-state index in [1.54, 1.807) is 48.5 Å². The molecular formula is C48H42O14. The molecular weight excluding hydrogens is 801 g/mol. The minimum atomic E-state index is -1.88. The van der Waals surface area contributed by atoms with Gasteiger partial charge in [-0.05, 0) is 88.0 Å². The summed E-state index contributed by atoms with van der Waals surface area (Å²) in [5.74, 6) is -5.91. The van der Waals surface area contributed by atoms with E-state index in [0.29, 0.717) is 44.5 Å². The maximum atomic E-state index is 12.7. The van der Waals surface area contributed by atoms with Crippen molar-refractivity contribution >= 4 is 0 Å². The molecule has 14 heteroatoms. The van der Waals surface area contributed by atoms with E-state index in [9.17, 15) is 61.3 Å². The highest BCUT2D eigenvalue weighted by Crippen LogP contribution is 2.70. The highest BCUT2D eigenvalue weighted by Gasteiger charge is 2.56. The Balaban J connectivity index is 1.33. The standard InChI is InChI=1S/C48H42O14/c49-18-33-43(57)45(59)46(60)48(62-33)42-31(56)17-29-39-34(19-1-7-22(50)8-2-19)36-27(13-25(53)15-30(36)55)41-37-28(38(39)35(40(29)44(42)58)20-3-9-23(51)10-4-20)14-26(54)16-32(37)61-47(41)21-5-11-24(52)12-6-21/h1-17,33-35,38-39,41,43,45-60H,18H2/t33-,34-,35-,38-,39+,41+,43-,45-,46+,47-,48+/m0/s1. The first-order chi connectivity index (χ1) is 29.7. The maximum absolute atomic E-state index is 12.7. The summed E-state index contributed by atoms with van der Waals surface area (Å²) in [7, 11) is 0. The average Bonchev–Trinajstić information content (AvgIpc) is 3.78. The van der Waals surface area contributed by atoms with Gasteiger partial charge in [-0.15, -0.1) is 0 Å². The monoisotopic (exact) mass is 842 g/mol. The molecule has 2 heterocycles. The van der Waals surface area contributed by atoms with Crippen LogP contribution < -0.4 is 4.74 Å². The van der Waals surface area contributed by atoms with Gasteiger partial charge in [0.25, 0.3) is 0 Å². The molecule has 10 rings (SSSR count). The van der Waals surface area contributed by atoms with E-state index in [2.05, 4.69) is 0 Å². The lowest BCUT2D eigenvalue weighted by molar-refractivity contribution is -0.232. The second-order valence-electron chi connectivity index (χ2n) is 16.6. The van der Waals surface area contributed by atoms with Gasteiger partial charge in [0.2, 0.25) is 0 Å². The number of hydrogen-bond acceptors (Lipinski definition) is 14. The van der Waals surface area contributed by atoms with Crippen LogP contribution in [0.5, 0.6) is 51.7 Å². The van der Waals surface area contributed by atoms with Crippen molar-refractivity contribution in [3.05, 3.63) is 159 Å². The molecule has 0 saturated carbocycles. The number of fused-ring (bicyclic) bond motifs is 6. The van der Waals surface area contributed by atoms with Crippen molar-refractivity contribution in [2.75, 3.05) is 6.61 Å². The molecule has 0 bridgehead atoms. The number of aromatic hydroxyl groups is 8. The van der Waals surface area contributed by atoms with E-state index < -0.39 is 84.3 Å². The molecule has 0 amide bonds. The van der Waals surface area contributed by atoms with Crippen LogP contribution in [0.15, 0.2) is 103 Å². The summed E-state index contributed by atoms with van der Waals surface area (Å²) in [5, 5.41) is 134. The smallest absolute Gasteiger partial charge is 0.135 e. The van der Waals surface area contributed by atoms with Crippen LogP contribution in [0, 0.1) is 0 Å². The zero-order valence-corrected chi connectivity index (χ0v) is 32.6. The lowest BCUT2D eigenvalue weighted by Crippen LogP contribution is -2.55. The summed E-state index contributed by atoms with van der Waals surface area (Å²) in [6.07, 6.45) is -9.32. The Hall–Kier alpha value is -6.68. The lowest BCUT2D eigenvalue weighted by Gasteiger charge is -2.40. The van der Waals surface area contributed by atoms with Crippen molar-refractivity contribution in [1.29, 1.82) is 0 Å². The Morgan fingerprint density at radius 1 is 0.419 bits per heavy atom. The van der Waals surface area contributed by atoms with Gasteiger partial charge in [-0.2, -0.15) is 0 Å². The van der Waals surface area contributed by atoms with Gasteiger partial charge in [-0.3, -0.25) is 0 Å². The zero-order valence-electron chi connectivity index (χ0n) is 32.6. The normalized spacial score (nSPS) is 28.2. The summed E-state index contributed by atoms with van der Waals surface area (Å²) in [5.41, 5.74) is 3.92. The molecule has 4 aliphatic rings. The van der Waals surface area contributed by atoms with Crippen LogP contribution in [-0.4, -0.2) is 92.3 Å². The summed E-state index contributed by atoms with van der Waals surface area (Å²) in [6, 6.07) is 26.3. The predicted octanol–water partition coefficient (Wildman–Crippen LogP) is 5.27. The van der Waals surface area contributed by atoms with Crippen LogP contribution in [0.3, 0.4) is 0 Å². The first-order valence-corrected chi connectivity index (χ1v) is 20.1. The summed E-state index contributed by atoms with van der Waals surface area (Å²) in [6.45, 7) is -0.766. The van der Waals surface area contributed by atoms with Crippen LogP contribution in [0.2, 0.25) is 0 Å². The fourth-order valence-corrected chi connectivity index (χ4v) is 10.7. The van der Waals surface area contributed by atoms with Crippen molar-refractivity contribution in [2.24, 2.45) is 0 Å². The molecule has 1 fully saturated rings. The Morgan fingerprint density at radius 3 is 1.50 bits per heavy atom. The number of aliphatic hydroxyl groups is 4. The second-order valence-corrected chi connectivity index (χ2v) is 16.6. The summed E-state index contributed by atoms with van der Waals surface area (Å²) >= 11 is 0. The largest absolute Gasteiger partial charge is 0.508 e. The van der Waals surface area contributed by atoms with E-state index in [4.69, 9.17) is 9.47 Å². The Bertz CT molecular complexity index is 2720. The average molecular weight is 843 g/mol. The molecule has 0 unspecified atom stereocenters. The number of phenolic OH excluding ortho intramolecular Hbond substituents is 8. The van der Waals surface area contributed by atoms with Crippen LogP contribution in [-0.2, 0) is 4.74 Å². The maximum Gasteiger partial charge on any atom is 0.135 e. The highest BCUT2D eigenvalue weighted by molar-refractivity contribution is 5.71. The van der Waals surface area contributed by atoms with Crippen molar-refractivity contribution in [2.45, 2.75) is 66.2 Å². The summed E-state index contributed by atoms with van der Waals surface area (Å²) in [4.78, 5) is 0. The Kier molecular flexibility index (Phi) is 9.21. The zero-order chi connectivity index (χ0) is 43.5. The number of aliphatic hydroxyl groups excluding tert-OH is 4. The number of hydrogen-bond donors (Lipinski definition) is 12. The number of rotatable bonds is 5. The van der Waals surface area contributed by atoms with Crippen molar-refractivity contribution in [3.8, 4) is 51.7 Å². The SMILES string of the molecule is OC[C@@H]1O[C@H](c2c(O)cc3c(c2O)[C@@H](c2ccc(O)cc2)[C@@H]2c4cc(O)cc5c4[C@@H](c4cc(O)cc(O)c4[C@H](c4ccc(O)cc4)[C@@H]32)[C@H](c2ccc(O)cc2)O5)[C@H](O)[C@@H](O)[C@H]1O. The van der Waals surface area contributed by atoms with E-state index in [-0.39, 0.29) is 51.4 Å². The third-order valence-corrected chi connectivity index (χ3v) is 13.3. The van der Waals surface area contributed by atoms with Crippen molar-refractivity contribution in [1.82, 2.24) is 0 Å². The fraction of sp³-hybridized carbons (Fsp3) is 0.250. The van der Waals surface area contributed by atoms with E-state index in [1.165, 1.54) is 54.6 Å². The van der Waals surface area contributed by atoms with E-state index in [1.807, 2.05) is 0 Å². The molecule has 1 saturated heterocycles. The Morgan fingerprint density at radius 2 is 0.919 bits per heavy atom. The molecule has 11 atom stereocenters. The molecule has 2 aliphatic carbocycles. The van der Waals surface area contributed by atoms with Crippen LogP contribution in [0.1, 0.15) is 97.4 Å². The molecule has 2 aliphatic heterocycles. The molecule has 6 aromatic carbocycles. The first-order valence-electron chi connectivity index (χ1n) is 20.1. The molecule has 0 aromatic heterocycles. The lowest BCUT2D eigenvalue weighted by atomic mass is 9.63. The highest BCUT2D eigenvalue weighted by atomic mass is 16.5. The van der Waals surface area contributed by atoms with Gasteiger partial charge in [0.05, 0.1) is 18.1 Å². The van der Waals surface area contributed by atoms with Crippen LogP contribution in [0.25, 0.3) is 0 Å². The minimum Gasteiger partial charge on any atom is -0.508 e. The molecule has 318 valence electrons. The van der Waals surface area contributed by atoms with Gasteiger partial charge < -0.3 is 70.8 Å². The molecule has 14 nitrogen and oxygen atoms in total. The van der Waals surface area contributed by atoms with E-state index >= 15 is 0 Å². The number of ether oxygens (including phenoxy) is 2. The van der Waals surface area contributed by atoms with Crippen molar-refractivity contribution < 1.29 is 70.8 Å². The quantitative estimate of drug-likeness (QED) is 0.106. The third kappa shape index (κ3) is 5.90. The molecule has 12 N–H and O–H groups in total. The minimum absolute atomic E-state index is 0.0118. The van der Waals surface area contributed by atoms with Gasteiger partial charge in [-0.1, -0.05) is 36.4 Å². The summed E-state index contributed by atoms with van der Waals surface area (Å²) < 4.78 is 12.6. The van der Waals surface area contributed by atoms with Crippen LogP contribution >= 0.6 is 0 Å². The molecule has 0 spiro atoms.